The van der Waals surface area contributed by atoms with Crippen LogP contribution in [-0.4, -0.2) is 11.8 Å². The zero-order chi connectivity index (χ0) is 8.85. The lowest BCUT2D eigenvalue weighted by Crippen LogP contribution is -2.22. The molecule has 0 fully saturated rings. The van der Waals surface area contributed by atoms with E-state index in [0.717, 1.165) is 12.0 Å². The maximum Gasteiger partial charge on any atom is 0.138 e. The van der Waals surface area contributed by atoms with Crippen LogP contribution in [0.3, 0.4) is 0 Å². The Bertz CT molecular complexity index is 152. The van der Waals surface area contributed by atoms with Gasteiger partial charge in [0.1, 0.15) is 5.78 Å². The Morgan fingerprint density at radius 3 is 2.55 bits per heavy atom. The van der Waals surface area contributed by atoms with Gasteiger partial charge in [0.05, 0.1) is 0 Å². The summed E-state index contributed by atoms with van der Waals surface area (Å²) in [6.07, 6.45) is 1.83. The third kappa shape index (κ3) is 5.80. The van der Waals surface area contributed by atoms with E-state index >= 15 is 0 Å². The average Bonchev–Trinajstić information content (AvgIpc) is 1.85. The molecule has 64 valence electrons. The number of carbonyl (C=O) groups is 1. The summed E-state index contributed by atoms with van der Waals surface area (Å²) in [5, 5.41) is 0. The van der Waals surface area contributed by atoms with E-state index in [1.807, 2.05) is 13.8 Å². The van der Waals surface area contributed by atoms with Crippen molar-refractivity contribution in [3.63, 3.8) is 0 Å². The molecule has 2 nitrogen and oxygen atoms in total. The first-order valence-corrected chi connectivity index (χ1v) is 3.98. The average molecular weight is 155 g/mol. The summed E-state index contributed by atoms with van der Waals surface area (Å²) < 4.78 is 0. The highest BCUT2D eigenvalue weighted by molar-refractivity contribution is 5.81. The Hall–Kier alpha value is -0.630. The van der Waals surface area contributed by atoms with Crippen molar-refractivity contribution in [3.8, 4) is 0 Å². The fourth-order valence-corrected chi connectivity index (χ4v) is 0.846. The second-order valence-corrected chi connectivity index (χ2v) is 3.05. The molecule has 0 aliphatic rings. The predicted octanol–water partition coefficient (Wildman–Crippen LogP) is 1.65. The maximum absolute atomic E-state index is 11.1. The molecule has 1 atom stereocenters. The number of allylic oxidation sites excluding steroid dienone is 1. The van der Waals surface area contributed by atoms with Crippen molar-refractivity contribution in [1.29, 1.82) is 0 Å². The molecule has 0 saturated carbocycles. The standard InChI is InChI=1S/C9H17NO/c1-4-8(10)6-9(11)5-7(2)3/h8H,2,4-6,10H2,1,3H3. The molecule has 1 unspecified atom stereocenters. The molecule has 0 rings (SSSR count). The van der Waals surface area contributed by atoms with Crippen LogP contribution in [0, 0.1) is 0 Å². The van der Waals surface area contributed by atoms with Crippen LogP contribution in [0.25, 0.3) is 0 Å². The van der Waals surface area contributed by atoms with Gasteiger partial charge in [-0.25, -0.2) is 0 Å². The summed E-state index contributed by atoms with van der Waals surface area (Å²) in [4.78, 5) is 11.1. The smallest absolute Gasteiger partial charge is 0.138 e. The quantitative estimate of drug-likeness (QED) is 0.613. The third-order valence-electron chi connectivity index (χ3n) is 1.51. The van der Waals surface area contributed by atoms with Crippen LogP contribution < -0.4 is 5.73 Å². The summed E-state index contributed by atoms with van der Waals surface area (Å²) in [7, 11) is 0. The molecule has 0 aliphatic heterocycles. The van der Waals surface area contributed by atoms with Crippen molar-refractivity contribution in [2.75, 3.05) is 0 Å². The zero-order valence-corrected chi connectivity index (χ0v) is 7.39. The van der Waals surface area contributed by atoms with Gasteiger partial charge in [-0.05, 0) is 13.3 Å². The fraction of sp³-hybridized carbons (Fsp3) is 0.667. The van der Waals surface area contributed by atoms with Crippen LogP contribution >= 0.6 is 0 Å². The third-order valence-corrected chi connectivity index (χ3v) is 1.51. The van der Waals surface area contributed by atoms with Gasteiger partial charge in [-0.3, -0.25) is 4.79 Å². The molecular formula is C9H17NO. The summed E-state index contributed by atoms with van der Waals surface area (Å²) in [6, 6.07) is 0.0295. The van der Waals surface area contributed by atoms with Crippen LogP contribution in [0.5, 0.6) is 0 Å². The van der Waals surface area contributed by atoms with Crippen molar-refractivity contribution in [2.24, 2.45) is 5.73 Å². The molecule has 0 bridgehead atoms. The lowest BCUT2D eigenvalue weighted by Gasteiger charge is -2.06. The van der Waals surface area contributed by atoms with Crippen LogP contribution in [0.4, 0.5) is 0 Å². The van der Waals surface area contributed by atoms with Crippen molar-refractivity contribution in [1.82, 2.24) is 0 Å². The van der Waals surface area contributed by atoms with Gasteiger partial charge in [-0.2, -0.15) is 0 Å². The summed E-state index contributed by atoms with van der Waals surface area (Å²) >= 11 is 0. The molecule has 0 aliphatic carbocycles. The first-order valence-electron chi connectivity index (χ1n) is 3.98. The highest BCUT2D eigenvalue weighted by atomic mass is 16.1. The van der Waals surface area contributed by atoms with Gasteiger partial charge >= 0.3 is 0 Å². The van der Waals surface area contributed by atoms with Crippen LogP contribution in [0.15, 0.2) is 12.2 Å². The summed E-state index contributed by atoms with van der Waals surface area (Å²) in [5.74, 6) is 0.201. The Labute approximate surface area is 68.5 Å². The van der Waals surface area contributed by atoms with E-state index in [-0.39, 0.29) is 11.8 Å². The molecule has 2 heteroatoms. The normalized spacial score (nSPS) is 12.6. The minimum Gasteiger partial charge on any atom is -0.327 e. The monoisotopic (exact) mass is 155 g/mol. The highest BCUT2D eigenvalue weighted by Gasteiger charge is 2.06. The van der Waals surface area contributed by atoms with Gasteiger partial charge in [0.2, 0.25) is 0 Å². The van der Waals surface area contributed by atoms with Crippen molar-refractivity contribution < 1.29 is 4.79 Å². The molecule has 0 heterocycles. The number of hydrogen-bond acceptors (Lipinski definition) is 2. The van der Waals surface area contributed by atoms with Gasteiger partial charge < -0.3 is 5.73 Å². The van der Waals surface area contributed by atoms with Crippen molar-refractivity contribution >= 4 is 5.78 Å². The Morgan fingerprint density at radius 2 is 2.18 bits per heavy atom. The molecule has 0 aromatic rings. The lowest BCUT2D eigenvalue weighted by molar-refractivity contribution is -0.118. The van der Waals surface area contributed by atoms with E-state index in [1.54, 1.807) is 0 Å². The number of Topliss-reactive ketones (excluding diaryl/α,β-unsaturated/α-hetero) is 1. The Balaban J connectivity index is 3.60. The molecule has 0 aromatic carbocycles. The van der Waals surface area contributed by atoms with E-state index < -0.39 is 0 Å². The van der Waals surface area contributed by atoms with Crippen LogP contribution in [0.1, 0.15) is 33.1 Å². The molecule has 0 aromatic heterocycles. The van der Waals surface area contributed by atoms with Gasteiger partial charge in [0.15, 0.2) is 0 Å². The van der Waals surface area contributed by atoms with E-state index in [0.29, 0.717) is 12.8 Å². The largest absolute Gasteiger partial charge is 0.327 e. The first kappa shape index (κ1) is 10.4. The van der Waals surface area contributed by atoms with Gasteiger partial charge in [0, 0.05) is 18.9 Å². The fourth-order valence-electron chi connectivity index (χ4n) is 0.846. The van der Waals surface area contributed by atoms with Gasteiger partial charge in [0.25, 0.3) is 0 Å². The molecular weight excluding hydrogens is 138 g/mol. The van der Waals surface area contributed by atoms with Crippen molar-refractivity contribution in [2.45, 2.75) is 39.2 Å². The Morgan fingerprint density at radius 1 is 1.64 bits per heavy atom. The zero-order valence-electron chi connectivity index (χ0n) is 7.39. The van der Waals surface area contributed by atoms with E-state index in [9.17, 15) is 4.79 Å². The topological polar surface area (TPSA) is 43.1 Å². The highest BCUT2D eigenvalue weighted by Crippen LogP contribution is 2.02. The lowest BCUT2D eigenvalue weighted by atomic mass is 10.0. The Kier molecular flexibility index (Phi) is 4.79. The second kappa shape index (κ2) is 5.08. The van der Waals surface area contributed by atoms with E-state index in [2.05, 4.69) is 6.58 Å². The molecule has 11 heavy (non-hydrogen) atoms. The molecule has 0 radical (unpaired) electrons. The number of nitrogens with two attached hydrogens (primary N) is 1. The number of rotatable bonds is 5. The molecule has 0 saturated heterocycles. The number of carbonyl (C=O) groups excluding carboxylic acids is 1. The minimum atomic E-state index is 0.0295. The van der Waals surface area contributed by atoms with Crippen LogP contribution in [0.2, 0.25) is 0 Å². The first-order chi connectivity index (χ1) is 5.06. The summed E-state index contributed by atoms with van der Waals surface area (Å²) in [6.45, 7) is 7.51. The van der Waals surface area contributed by atoms with E-state index in [4.69, 9.17) is 5.73 Å². The maximum atomic E-state index is 11.1. The summed E-state index contributed by atoms with van der Waals surface area (Å²) in [5.41, 5.74) is 6.51. The number of hydrogen-bond donors (Lipinski definition) is 1. The number of ketones is 1. The molecule has 0 amide bonds. The van der Waals surface area contributed by atoms with Crippen LogP contribution in [-0.2, 0) is 4.79 Å². The van der Waals surface area contributed by atoms with Gasteiger partial charge in [-0.1, -0.05) is 19.1 Å². The molecule has 2 N–H and O–H groups in total. The second-order valence-electron chi connectivity index (χ2n) is 3.05. The minimum absolute atomic E-state index is 0.0295. The van der Waals surface area contributed by atoms with Crippen molar-refractivity contribution in [3.05, 3.63) is 12.2 Å². The predicted molar refractivity (Wildman–Crippen MR) is 47.3 cm³/mol. The molecule has 0 spiro atoms. The van der Waals surface area contributed by atoms with Gasteiger partial charge in [-0.15, -0.1) is 0 Å². The SMILES string of the molecule is C=C(C)CC(=O)CC(N)CC. The van der Waals surface area contributed by atoms with E-state index in [1.165, 1.54) is 0 Å².